The maximum absolute atomic E-state index is 11.0. The number of benzene rings is 1. The molecule has 7 nitrogen and oxygen atoms in total. The van der Waals surface area contributed by atoms with Gasteiger partial charge in [-0.2, -0.15) is 0 Å². The number of esters is 2. The molecule has 164 valence electrons. The number of aliphatic carboxylic acids is 1. The zero-order valence-electron chi connectivity index (χ0n) is 17.6. The molecule has 1 unspecified atom stereocenters. The Morgan fingerprint density at radius 1 is 1.10 bits per heavy atom. The third kappa shape index (κ3) is 12.3. The summed E-state index contributed by atoms with van der Waals surface area (Å²) in [6, 6.07) is 9.70. The monoisotopic (exact) mass is 418 g/mol. The highest BCUT2D eigenvalue weighted by molar-refractivity contribution is 5.88. The van der Waals surface area contributed by atoms with Crippen LogP contribution in [-0.2, 0) is 35.0 Å². The van der Waals surface area contributed by atoms with Gasteiger partial charge in [-0.3, -0.25) is 0 Å². The van der Waals surface area contributed by atoms with Crippen LogP contribution in [0.4, 0.5) is 0 Å². The summed E-state index contributed by atoms with van der Waals surface area (Å²) >= 11 is 0. The molecular weight excluding hydrogens is 388 g/mol. The lowest BCUT2D eigenvalue weighted by Crippen LogP contribution is -2.12. The van der Waals surface area contributed by atoms with Crippen molar-refractivity contribution in [2.45, 2.75) is 31.8 Å². The molecule has 0 saturated carbocycles. The fourth-order valence-electron chi connectivity index (χ4n) is 2.37. The van der Waals surface area contributed by atoms with E-state index >= 15 is 0 Å². The lowest BCUT2D eigenvalue weighted by molar-refractivity contribution is -0.137. The molecule has 0 bridgehead atoms. The van der Waals surface area contributed by atoms with E-state index in [0.29, 0.717) is 24.0 Å². The first kappa shape index (κ1) is 26.8. The van der Waals surface area contributed by atoms with Crippen molar-refractivity contribution in [2.24, 2.45) is 0 Å². The number of hydrogen-bond acceptors (Lipinski definition) is 6. The van der Waals surface area contributed by atoms with Crippen molar-refractivity contribution in [1.82, 2.24) is 0 Å². The van der Waals surface area contributed by atoms with E-state index in [0.717, 1.165) is 31.1 Å². The molecule has 30 heavy (non-hydrogen) atoms. The van der Waals surface area contributed by atoms with Gasteiger partial charge in [-0.05, 0) is 18.4 Å². The molecule has 1 N–H and O–H groups in total. The van der Waals surface area contributed by atoms with Gasteiger partial charge in [0.2, 0.25) is 0 Å². The van der Waals surface area contributed by atoms with Gasteiger partial charge in [0.1, 0.15) is 0 Å². The van der Waals surface area contributed by atoms with Crippen LogP contribution in [0.3, 0.4) is 0 Å². The number of ether oxygens (including phenoxy) is 3. The van der Waals surface area contributed by atoms with Gasteiger partial charge < -0.3 is 19.3 Å². The summed E-state index contributed by atoms with van der Waals surface area (Å²) in [5.41, 5.74) is 2.05. The largest absolute Gasteiger partial charge is 0.478 e. The summed E-state index contributed by atoms with van der Waals surface area (Å²) in [6.45, 7) is 11.0. The van der Waals surface area contributed by atoms with Crippen LogP contribution in [0.15, 0.2) is 67.3 Å². The van der Waals surface area contributed by atoms with Crippen LogP contribution < -0.4 is 0 Å². The van der Waals surface area contributed by atoms with Crippen molar-refractivity contribution >= 4 is 17.9 Å². The maximum atomic E-state index is 11.0. The van der Waals surface area contributed by atoms with Crippen molar-refractivity contribution in [2.75, 3.05) is 20.8 Å². The molecule has 1 aliphatic heterocycles. The van der Waals surface area contributed by atoms with Gasteiger partial charge in [-0.15, -0.1) is 0 Å². The van der Waals surface area contributed by atoms with Gasteiger partial charge in [0.25, 0.3) is 0 Å². The Hall–Kier alpha value is -3.19. The van der Waals surface area contributed by atoms with E-state index in [1.807, 2.05) is 30.3 Å². The minimum atomic E-state index is -0.981. The van der Waals surface area contributed by atoms with Crippen LogP contribution in [0, 0.1) is 0 Å². The van der Waals surface area contributed by atoms with Gasteiger partial charge in [-0.25, -0.2) is 14.4 Å². The topological polar surface area (TPSA) is 99.1 Å². The van der Waals surface area contributed by atoms with Crippen LogP contribution in [0.25, 0.3) is 0 Å². The average molecular weight is 418 g/mol. The highest BCUT2D eigenvalue weighted by Crippen LogP contribution is 2.19. The van der Waals surface area contributed by atoms with Gasteiger partial charge in [0.15, 0.2) is 0 Å². The molecule has 2 rings (SSSR count). The normalized spacial score (nSPS) is 14.0. The van der Waals surface area contributed by atoms with Crippen molar-refractivity contribution < 1.29 is 33.7 Å². The Kier molecular flexibility index (Phi) is 14.0. The zero-order chi connectivity index (χ0) is 22.9. The van der Waals surface area contributed by atoms with E-state index in [1.165, 1.54) is 14.2 Å². The van der Waals surface area contributed by atoms with Crippen LogP contribution in [0.2, 0.25) is 0 Å². The molecule has 0 radical (unpaired) electrons. The number of rotatable bonds is 7. The lowest BCUT2D eigenvalue weighted by Gasteiger charge is -2.09. The van der Waals surface area contributed by atoms with Crippen LogP contribution in [-0.4, -0.2) is 49.9 Å². The van der Waals surface area contributed by atoms with Crippen molar-refractivity contribution in [3.8, 4) is 0 Å². The maximum Gasteiger partial charge on any atom is 0.333 e. The molecule has 0 aromatic heterocycles. The highest BCUT2D eigenvalue weighted by Gasteiger charge is 2.19. The number of hydrogen-bond donors (Lipinski definition) is 1. The number of carboxylic acids is 1. The zero-order valence-corrected chi connectivity index (χ0v) is 17.6. The molecule has 1 atom stereocenters. The Balaban J connectivity index is 0.000000461. The standard InChI is InChI=1S/C11H12O2.C9H14O3.C3H4O2/c1-9(11(12)13-2)8-10-6-4-3-5-7-10;1-7(9(10)11-2)6-8-4-3-5-12-8;1-2-3(4)5/h3-7H,1,8H2,2H3;8H,1,3-6H2,2H3;2H,1H2,(H,4,5). The van der Waals surface area contributed by atoms with Gasteiger partial charge in [0.05, 0.1) is 20.3 Å². The van der Waals surface area contributed by atoms with E-state index in [9.17, 15) is 14.4 Å². The molecular formula is C23H30O7. The highest BCUT2D eigenvalue weighted by atomic mass is 16.5. The number of carboxylic acid groups (broad SMARTS) is 1. The van der Waals surface area contributed by atoms with Crippen molar-refractivity contribution in [3.05, 3.63) is 72.9 Å². The van der Waals surface area contributed by atoms with Gasteiger partial charge >= 0.3 is 17.9 Å². The van der Waals surface area contributed by atoms with Crippen LogP contribution in [0.1, 0.15) is 24.8 Å². The Morgan fingerprint density at radius 3 is 2.07 bits per heavy atom. The van der Waals surface area contributed by atoms with E-state index < -0.39 is 5.97 Å². The second-order valence-electron chi connectivity index (χ2n) is 6.23. The quantitative estimate of drug-likeness (QED) is 0.534. The van der Waals surface area contributed by atoms with Gasteiger partial charge in [0, 0.05) is 36.7 Å². The lowest BCUT2D eigenvalue weighted by atomic mass is 10.1. The summed E-state index contributed by atoms with van der Waals surface area (Å²) in [7, 11) is 2.72. The van der Waals surface area contributed by atoms with E-state index in [1.54, 1.807) is 0 Å². The molecule has 1 fully saturated rings. The molecule has 1 heterocycles. The molecule has 1 aromatic rings. The Bertz CT molecular complexity index is 716. The molecule has 1 aromatic carbocycles. The third-order valence-corrected chi connectivity index (χ3v) is 3.88. The minimum absolute atomic E-state index is 0.177. The predicted octanol–water partition coefficient (Wildman–Crippen LogP) is 3.50. The summed E-state index contributed by atoms with van der Waals surface area (Å²) in [6.07, 6.45) is 4.27. The van der Waals surface area contributed by atoms with Crippen molar-refractivity contribution in [1.29, 1.82) is 0 Å². The third-order valence-electron chi connectivity index (χ3n) is 3.88. The summed E-state index contributed by atoms with van der Waals surface area (Å²) < 4.78 is 14.4. The molecule has 0 amide bonds. The SMILES string of the molecule is C=C(CC1CCCO1)C(=O)OC.C=C(Cc1ccccc1)C(=O)OC.C=CC(=O)O. The van der Waals surface area contributed by atoms with E-state index in [2.05, 4.69) is 29.2 Å². The predicted molar refractivity (Wildman–Crippen MR) is 114 cm³/mol. The number of carbonyl (C=O) groups is 3. The number of carbonyl (C=O) groups excluding carboxylic acids is 2. The first-order valence-corrected chi connectivity index (χ1v) is 9.28. The fourth-order valence-corrected chi connectivity index (χ4v) is 2.37. The van der Waals surface area contributed by atoms with Crippen LogP contribution >= 0.6 is 0 Å². The first-order valence-electron chi connectivity index (χ1n) is 9.28. The second kappa shape index (κ2) is 15.7. The molecule has 0 aliphatic carbocycles. The van der Waals surface area contributed by atoms with E-state index in [4.69, 9.17) is 9.84 Å². The van der Waals surface area contributed by atoms with E-state index in [-0.39, 0.29) is 18.0 Å². The van der Waals surface area contributed by atoms with Crippen molar-refractivity contribution in [3.63, 3.8) is 0 Å². The summed E-state index contributed by atoms with van der Waals surface area (Å²) in [5, 5.41) is 7.60. The smallest absolute Gasteiger partial charge is 0.333 e. The summed E-state index contributed by atoms with van der Waals surface area (Å²) in [5.74, 6) is -1.65. The average Bonchev–Trinajstić information content (AvgIpc) is 3.27. The first-order chi connectivity index (χ1) is 14.2. The van der Waals surface area contributed by atoms with Gasteiger partial charge in [-0.1, -0.05) is 50.1 Å². The second-order valence-corrected chi connectivity index (χ2v) is 6.23. The molecule has 1 aliphatic rings. The Morgan fingerprint density at radius 2 is 1.63 bits per heavy atom. The minimum Gasteiger partial charge on any atom is -0.478 e. The molecule has 1 saturated heterocycles. The molecule has 7 heteroatoms. The fraction of sp³-hybridized carbons (Fsp3) is 0.348. The summed E-state index contributed by atoms with van der Waals surface area (Å²) in [4.78, 5) is 31.2. The molecule has 0 spiro atoms. The van der Waals surface area contributed by atoms with Crippen LogP contribution in [0.5, 0.6) is 0 Å². The number of methoxy groups -OCH3 is 2. The Labute approximate surface area is 177 Å².